The maximum atomic E-state index is 12.2. The number of hydrogen-bond acceptors (Lipinski definition) is 6. The van der Waals surface area contributed by atoms with Gasteiger partial charge in [0.25, 0.3) is 0 Å². The zero-order valence-corrected chi connectivity index (χ0v) is 19.7. The van der Waals surface area contributed by atoms with Gasteiger partial charge in [0.15, 0.2) is 0 Å². The van der Waals surface area contributed by atoms with Crippen molar-refractivity contribution in [2.45, 2.75) is 83.5 Å². The summed E-state index contributed by atoms with van der Waals surface area (Å²) in [6.07, 6.45) is 5.13. The van der Waals surface area contributed by atoms with Gasteiger partial charge in [0.1, 0.15) is 6.23 Å². The van der Waals surface area contributed by atoms with Gasteiger partial charge in [-0.15, -0.1) is 0 Å². The number of hydrogen-bond donors (Lipinski definition) is 6. The molecule has 1 aromatic rings. The number of unbranched alkanes of at least 4 members (excludes halogenated alkanes) is 2. The van der Waals surface area contributed by atoms with E-state index in [1.807, 2.05) is 13.0 Å². The molecule has 8 heteroatoms. The summed E-state index contributed by atoms with van der Waals surface area (Å²) < 4.78 is 0. The molecule has 0 aliphatic carbocycles. The van der Waals surface area contributed by atoms with Crippen molar-refractivity contribution in [3.05, 3.63) is 35.4 Å². The van der Waals surface area contributed by atoms with Crippen LogP contribution in [0.1, 0.15) is 82.6 Å². The molecule has 8 nitrogen and oxygen atoms in total. The van der Waals surface area contributed by atoms with E-state index in [-0.39, 0.29) is 23.9 Å². The highest BCUT2D eigenvalue weighted by Crippen LogP contribution is 2.15. The lowest BCUT2D eigenvalue weighted by Gasteiger charge is -2.24. The summed E-state index contributed by atoms with van der Waals surface area (Å²) >= 11 is 0. The molecule has 0 saturated carbocycles. The monoisotopic (exact) mass is 447 g/mol. The van der Waals surface area contributed by atoms with Gasteiger partial charge in [-0.2, -0.15) is 0 Å². The predicted molar refractivity (Wildman–Crippen MR) is 128 cm³/mol. The SMILES string of the molecule is CCCCCC(CC(C)NC(=O)CCCC(=O)NC)NCC(=N)c1ccccc1C(N)O. The van der Waals surface area contributed by atoms with Crippen LogP contribution in [0.4, 0.5) is 0 Å². The number of nitrogens with one attached hydrogen (secondary N) is 4. The Morgan fingerprint density at radius 1 is 1.12 bits per heavy atom. The molecule has 0 spiro atoms. The number of benzene rings is 1. The maximum absolute atomic E-state index is 12.2. The molecule has 3 atom stereocenters. The van der Waals surface area contributed by atoms with Crippen molar-refractivity contribution in [3.8, 4) is 0 Å². The number of amides is 2. The van der Waals surface area contributed by atoms with Gasteiger partial charge in [0.05, 0.1) is 5.71 Å². The maximum Gasteiger partial charge on any atom is 0.220 e. The third-order valence-electron chi connectivity index (χ3n) is 5.46. The highest BCUT2D eigenvalue weighted by atomic mass is 16.3. The molecule has 0 heterocycles. The fourth-order valence-corrected chi connectivity index (χ4v) is 3.68. The predicted octanol–water partition coefficient (Wildman–Crippen LogP) is 2.35. The minimum atomic E-state index is -1.12. The number of aliphatic hydroxyl groups is 1. The van der Waals surface area contributed by atoms with Gasteiger partial charge in [-0.25, -0.2) is 0 Å². The zero-order valence-electron chi connectivity index (χ0n) is 19.7. The molecule has 2 amide bonds. The Bertz CT molecular complexity index is 723. The molecular formula is C24H41N5O3. The lowest BCUT2D eigenvalue weighted by atomic mass is 9.99. The standard InChI is InChI=1S/C24H41N5O3/c1-4-5-6-10-18(15-17(2)29-23(31)14-9-13-22(30)27-3)28-16-21(25)19-11-7-8-12-20(19)24(26)32/h7-8,11-12,17-18,24-25,28,32H,4-6,9-10,13-16,26H2,1-3H3,(H,27,30)(H,29,31). The summed E-state index contributed by atoms with van der Waals surface area (Å²) in [6, 6.07) is 7.28. The fourth-order valence-electron chi connectivity index (χ4n) is 3.68. The summed E-state index contributed by atoms with van der Waals surface area (Å²) in [4.78, 5) is 23.5. The molecule has 0 aliphatic rings. The molecule has 0 fully saturated rings. The first-order valence-corrected chi connectivity index (χ1v) is 11.6. The van der Waals surface area contributed by atoms with Crippen molar-refractivity contribution in [3.63, 3.8) is 0 Å². The molecule has 32 heavy (non-hydrogen) atoms. The average molecular weight is 448 g/mol. The highest BCUT2D eigenvalue weighted by Gasteiger charge is 2.17. The number of rotatable bonds is 16. The van der Waals surface area contributed by atoms with Crippen molar-refractivity contribution in [2.75, 3.05) is 13.6 Å². The van der Waals surface area contributed by atoms with E-state index in [4.69, 9.17) is 11.1 Å². The molecule has 1 aromatic carbocycles. The third-order valence-corrected chi connectivity index (χ3v) is 5.46. The molecule has 1 rings (SSSR count). The molecule has 7 N–H and O–H groups in total. The molecule has 0 aromatic heterocycles. The second-order valence-corrected chi connectivity index (χ2v) is 8.32. The molecule has 0 saturated heterocycles. The first-order chi connectivity index (χ1) is 15.3. The van der Waals surface area contributed by atoms with Crippen LogP contribution in [0.15, 0.2) is 24.3 Å². The van der Waals surface area contributed by atoms with Gasteiger partial charge < -0.3 is 32.2 Å². The minimum absolute atomic E-state index is 0.0195. The van der Waals surface area contributed by atoms with E-state index in [2.05, 4.69) is 22.9 Å². The van der Waals surface area contributed by atoms with Crippen molar-refractivity contribution >= 4 is 17.5 Å². The van der Waals surface area contributed by atoms with Gasteiger partial charge >= 0.3 is 0 Å². The topological polar surface area (TPSA) is 140 Å². The molecule has 180 valence electrons. The van der Waals surface area contributed by atoms with Gasteiger partial charge in [-0.3, -0.25) is 9.59 Å². The van der Waals surface area contributed by atoms with E-state index in [9.17, 15) is 14.7 Å². The van der Waals surface area contributed by atoms with Crippen LogP contribution in [0.3, 0.4) is 0 Å². The third kappa shape index (κ3) is 10.8. The van der Waals surface area contributed by atoms with Gasteiger partial charge in [-0.1, -0.05) is 50.5 Å². The Labute approximate surface area is 192 Å². The summed E-state index contributed by atoms with van der Waals surface area (Å²) in [6.45, 7) is 4.50. The van der Waals surface area contributed by atoms with Crippen LogP contribution < -0.4 is 21.7 Å². The molecule has 3 unspecified atom stereocenters. The Hall–Kier alpha value is -2.29. The smallest absolute Gasteiger partial charge is 0.220 e. The van der Waals surface area contributed by atoms with Crippen LogP contribution in [-0.4, -0.2) is 48.3 Å². The average Bonchev–Trinajstić information content (AvgIpc) is 2.76. The van der Waals surface area contributed by atoms with Crippen LogP contribution in [0.25, 0.3) is 0 Å². The van der Waals surface area contributed by atoms with E-state index >= 15 is 0 Å². The van der Waals surface area contributed by atoms with Crippen molar-refractivity contribution < 1.29 is 14.7 Å². The van der Waals surface area contributed by atoms with Crippen molar-refractivity contribution in [1.29, 1.82) is 5.41 Å². The first kappa shape index (κ1) is 27.7. The highest BCUT2D eigenvalue weighted by molar-refractivity contribution is 6.01. The lowest BCUT2D eigenvalue weighted by Crippen LogP contribution is -2.41. The van der Waals surface area contributed by atoms with Crippen LogP contribution in [0, 0.1) is 5.41 Å². The Morgan fingerprint density at radius 3 is 2.47 bits per heavy atom. The molecular weight excluding hydrogens is 406 g/mol. The molecule has 0 radical (unpaired) electrons. The lowest BCUT2D eigenvalue weighted by molar-refractivity contribution is -0.122. The largest absolute Gasteiger partial charge is 0.375 e. The Balaban J connectivity index is 2.61. The minimum Gasteiger partial charge on any atom is -0.375 e. The van der Waals surface area contributed by atoms with Gasteiger partial charge in [0.2, 0.25) is 11.8 Å². The zero-order chi connectivity index (χ0) is 23.9. The Morgan fingerprint density at radius 2 is 1.81 bits per heavy atom. The quantitative estimate of drug-likeness (QED) is 0.131. The Kier molecular flexibility index (Phi) is 13.4. The second-order valence-electron chi connectivity index (χ2n) is 8.32. The van der Waals surface area contributed by atoms with Gasteiger partial charge in [-0.05, 0) is 26.2 Å². The van der Waals surface area contributed by atoms with Crippen molar-refractivity contribution in [2.24, 2.45) is 5.73 Å². The van der Waals surface area contributed by atoms with Crippen LogP contribution in [0.5, 0.6) is 0 Å². The molecule has 0 bridgehead atoms. The van der Waals surface area contributed by atoms with Crippen LogP contribution in [0.2, 0.25) is 0 Å². The van der Waals surface area contributed by atoms with E-state index in [0.29, 0.717) is 42.6 Å². The first-order valence-electron chi connectivity index (χ1n) is 11.6. The second kappa shape index (κ2) is 15.5. The van der Waals surface area contributed by atoms with Crippen LogP contribution in [-0.2, 0) is 9.59 Å². The normalized spacial score (nSPS) is 13.8. The molecule has 0 aliphatic heterocycles. The summed E-state index contributed by atoms with van der Waals surface area (Å²) in [7, 11) is 1.59. The number of nitrogens with two attached hydrogens (primary N) is 1. The van der Waals surface area contributed by atoms with Crippen LogP contribution >= 0.6 is 0 Å². The fraction of sp³-hybridized carbons (Fsp3) is 0.625. The summed E-state index contributed by atoms with van der Waals surface area (Å²) in [5, 5.41) is 27.3. The van der Waals surface area contributed by atoms with E-state index in [1.54, 1.807) is 25.2 Å². The number of aliphatic hydroxyl groups excluding tert-OH is 1. The van der Waals surface area contributed by atoms with E-state index in [0.717, 1.165) is 32.1 Å². The van der Waals surface area contributed by atoms with E-state index in [1.165, 1.54) is 0 Å². The summed E-state index contributed by atoms with van der Waals surface area (Å²) in [5.74, 6) is -0.107. The summed E-state index contributed by atoms with van der Waals surface area (Å²) in [5.41, 5.74) is 7.19. The van der Waals surface area contributed by atoms with Crippen molar-refractivity contribution in [1.82, 2.24) is 16.0 Å². The number of carbonyl (C=O) groups excluding carboxylic acids is 2. The number of carbonyl (C=O) groups is 2. The van der Waals surface area contributed by atoms with E-state index < -0.39 is 6.23 Å². The van der Waals surface area contributed by atoms with Gasteiger partial charge in [0, 0.05) is 49.6 Å².